The van der Waals surface area contributed by atoms with Crippen LogP contribution in [0.4, 0.5) is 10.1 Å². The molecule has 0 aliphatic rings. The van der Waals surface area contributed by atoms with Gasteiger partial charge < -0.3 is 5.32 Å². The summed E-state index contributed by atoms with van der Waals surface area (Å²) in [5, 5.41) is 2.65. The van der Waals surface area contributed by atoms with Crippen molar-refractivity contribution < 1.29 is 4.39 Å². The molecular weight excluding hydrogens is 135 g/mol. The third-order valence-corrected chi connectivity index (χ3v) is 1.10. The summed E-state index contributed by atoms with van der Waals surface area (Å²) in [6.07, 6.45) is 0. The molecule has 1 rings (SSSR count). The molecule has 0 radical (unpaired) electrons. The van der Waals surface area contributed by atoms with Crippen LogP contribution in [-0.4, -0.2) is 12.0 Å². The van der Waals surface area contributed by atoms with Crippen molar-refractivity contribution in [3.8, 4) is 0 Å². The van der Waals surface area contributed by atoms with Crippen molar-refractivity contribution >= 4 is 5.69 Å². The van der Waals surface area contributed by atoms with Crippen LogP contribution in [0.1, 0.15) is 0 Å². The van der Waals surface area contributed by atoms with Crippen molar-refractivity contribution in [2.24, 2.45) is 0 Å². The average Bonchev–Trinajstić information content (AvgIpc) is 1.85. The third-order valence-electron chi connectivity index (χ3n) is 1.10. The Hall–Kier alpha value is -1.32. The molecule has 0 bridgehead atoms. The zero-order chi connectivity index (χ0) is 7.56. The fourth-order valence-electron chi connectivity index (χ4n) is 0.654. The molecule has 10 heavy (non-hydrogen) atoms. The Bertz CT molecular complexity index is 281. The first kappa shape index (κ1) is 6.80. The highest BCUT2D eigenvalue weighted by Crippen LogP contribution is 2.00. The van der Waals surface area contributed by atoms with Gasteiger partial charge in [0.2, 0.25) is 0 Å². The molecule has 0 atom stereocenters. The van der Waals surface area contributed by atoms with E-state index in [1.165, 1.54) is 12.1 Å². The Morgan fingerprint density at radius 1 is 1.60 bits per heavy atom. The molecule has 0 unspecified atom stereocenters. The number of hydrogen-bond donors (Lipinski definition) is 2. The molecule has 1 heterocycles. The maximum atomic E-state index is 12.3. The predicted molar refractivity (Wildman–Crippen MR) is 36.6 cm³/mol. The number of nitrogens with one attached hydrogen (secondary N) is 2. The van der Waals surface area contributed by atoms with E-state index < -0.39 is 11.5 Å². The van der Waals surface area contributed by atoms with E-state index in [2.05, 4.69) is 5.32 Å². The van der Waals surface area contributed by atoms with Gasteiger partial charge in [-0.05, 0) is 0 Å². The Morgan fingerprint density at radius 3 is 2.80 bits per heavy atom. The van der Waals surface area contributed by atoms with E-state index in [1.807, 2.05) is 4.98 Å². The van der Waals surface area contributed by atoms with Crippen LogP contribution in [0.15, 0.2) is 16.9 Å². The molecular formula is C6H7FN2O. The van der Waals surface area contributed by atoms with Gasteiger partial charge in [0, 0.05) is 24.9 Å². The van der Waals surface area contributed by atoms with E-state index in [0.29, 0.717) is 5.69 Å². The van der Waals surface area contributed by atoms with Crippen LogP contribution in [-0.2, 0) is 0 Å². The van der Waals surface area contributed by atoms with Gasteiger partial charge in [-0.1, -0.05) is 0 Å². The zero-order valence-electron chi connectivity index (χ0n) is 5.44. The highest BCUT2D eigenvalue weighted by Gasteiger charge is 1.93. The molecule has 1 aromatic heterocycles. The summed E-state index contributed by atoms with van der Waals surface area (Å²) in [6.45, 7) is 0. The van der Waals surface area contributed by atoms with Crippen LogP contribution in [0.5, 0.6) is 0 Å². The number of pyridine rings is 1. The third kappa shape index (κ3) is 1.34. The number of aromatic amines is 1. The van der Waals surface area contributed by atoms with E-state index in [-0.39, 0.29) is 0 Å². The normalized spacial score (nSPS) is 9.40. The molecule has 4 heteroatoms. The SMILES string of the molecule is CNc1cc(F)[nH]c(=O)c1. The fourth-order valence-corrected chi connectivity index (χ4v) is 0.654. The van der Waals surface area contributed by atoms with Gasteiger partial charge in [-0.25, -0.2) is 0 Å². The average molecular weight is 142 g/mol. The van der Waals surface area contributed by atoms with E-state index in [1.54, 1.807) is 7.05 Å². The first-order chi connectivity index (χ1) is 4.72. The molecule has 54 valence electrons. The monoisotopic (exact) mass is 142 g/mol. The van der Waals surface area contributed by atoms with Crippen LogP contribution in [0, 0.1) is 5.95 Å². The summed E-state index contributed by atoms with van der Waals surface area (Å²) in [5.74, 6) is -0.628. The highest BCUT2D eigenvalue weighted by molar-refractivity contribution is 5.39. The molecule has 0 aliphatic heterocycles. The maximum absolute atomic E-state index is 12.3. The first-order valence-corrected chi connectivity index (χ1v) is 2.80. The lowest BCUT2D eigenvalue weighted by atomic mass is 10.4. The number of aromatic nitrogens is 1. The predicted octanol–water partition coefficient (Wildman–Crippen LogP) is 0.556. The molecule has 0 fully saturated rings. The molecule has 0 saturated heterocycles. The number of H-pyrrole nitrogens is 1. The van der Waals surface area contributed by atoms with Gasteiger partial charge in [0.1, 0.15) is 0 Å². The van der Waals surface area contributed by atoms with Gasteiger partial charge in [0.05, 0.1) is 0 Å². The van der Waals surface area contributed by atoms with Crippen molar-refractivity contribution in [1.82, 2.24) is 4.98 Å². The van der Waals surface area contributed by atoms with Crippen LogP contribution in [0.25, 0.3) is 0 Å². The second kappa shape index (κ2) is 2.51. The summed E-state index contributed by atoms with van der Waals surface area (Å²) in [4.78, 5) is 12.5. The number of anilines is 1. The largest absolute Gasteiger partial charge is 0.388 e. The van der Waals surface area contributed by atoms with Crippen molar-refractivity contribution in [3.05, 3.63) is 28.4 Å². The molecule has 0 amide bonds. The lowest BCUT2D eigenvalue weighted by Crippen LogP contribution is -2.07. The Balaban J connectivity index is 3.19. The topological polar surface area (TPSA) is 44.9 Å². The summed E-state index contributed by atoms with van der Waals surface area (Å²) in [7, 11) is 1.62. The Morgan fingerprint density at radius 2 is 2.30 bits per heavy atom. The van der Waals surface area contributed by atoms with Gasteiger partial charge >= 0.3 is 0 Å². The summed E-state index contributed by atoms with van der Waals surface area (Å²) in [5.41, 5.74) is 0.0330. The minimum Gasteiger partial charge on any atom is -0.388 e. The van der Waals surface area contributed by atoms with Crippen LogP contribution in [0.2, 0.25) is 0 Å². The van der Waals surface area contributed by atoms with E-state index in [9.17, 15) is 9.18 Å². The van der Waals surface area contributed by atoms with Crippen molar-refractivity contribution in [1.29, 1.82) is 0 Å². The van der Waals surface area contributed by atoms with Gasteiger partial charge in [0.25, 0.3) is 5.56 Å². The van der Waals surface area contributed by atoms with Gasteiger partial charge in [-0.2, -0.15) is 4.39 Å². The second-order valence-electron chi connectivity index (χ2n) is 1.83. The summed E-state index contributed by atoms with van der Waals surface area (Å²) < 4.78 is 12.3. The van der Waals surface area contributed by atoms with Gasteiger partial charge in [0.15, 0.2) is 5.95 Å². The minimum atomic E-state index is -0.628. The molecule has 1 aromatic rings. The van der Waals surface area contributed by atoms with Crippen molar-refractivity contribution in [2.45, 2.75) is 0 Å². The lowest BCUT2D eigenvalue weighted by molar-refractivity contribution is 0.580. The number of halogens is 1. The molecule has 0 aliphatic carbocycles. The van der Waals surface area contributed by atoms with Gasteiger partial charge in [-0.15, -0.1) is 0 Å². The number of hydrogen-bond acceptors (Lipinski definition) is 2. The summed E-state index contributed by atoms with van der Waals surface area (Å²) >= 11 is 0. The summed E-state index contributed by atoms with van der Waals surface area (Å²) in [6, 6.07) is 2.49. The standard InChI is InChI=1S/C6H7FN2O/c1-8-4-2-5(7)9-6(10)3-4/h2-3H,1H3,(H2,8,9,10). The van der Waals surface area contributed by atoms with Gasteiger partial charge in [-0.3, -0.25) is 9.78 Å². The Labute approximate surface area is 56.9 Å². The van der Waals surface area contributed by atoms with E-state index in [4.69, 9.17) is 0 Å². The van der Waals surface area contributed by atoms with Crippen molar-refractivity contribution in [2.75, 3.05) is 12.4 Å². The van der Waals surface area contributed by atoms with Crippen LogP contribution >= 0.6 is 0 Å². The molecule has 0 saturated carbocycles. The highest BCUT2D eigenvalue weighted by atomic mass is 19.1. The number of rotatable bonds is 1. The Kier molecular flexibility index (Phi) is 1.71. The molecule has 0 spiro atoms. The van der Waals surface area contributed by atoms with Crippen LogP contribution in [0.3, 0.4) is 0 Å². The molecule has 0 aromatic carbocycles. The van der Waals surface area contributed by atoms with E-state index >= 15 is 0 Å². The smallest absolute Gasteiger partial charge is 0.252 e. The second-order valence-corrected chi connectivity index (χ2v) is 1.83. The first-order valence-electron chi connectivity index (χ1n) is 2.80. The van der Waals surface area contributed by atoms with Crippen molar-refractivity contribution in [3.63, 3.8) is 0 Å². The molecule has 2 N–H and O–H groups in total. The maximum Gasteiger partial charge on any atom is 0.252 e. The molecule has 3 nitrogen and oxygen atoms in total. The quantitative estimate of drug-likeness (QED) is 0.562. The lowest BCUT2D eigenvalue weighted by Gasteiger charge is -1.96. The van der Waals surface area contributed by atoms with E-state index in [0.717, 1.165) is 0 Å². The van der Waals surface area contributed by atoms with Crippen LogP contribution < -0.4 is 10.9 Å². The zero-order valence-corrected chi connectivity index (χ0v) is 5.44. The fraction of sp³-hybridized carbons (Fsp3) is 0.167. The minimum absolute atomic E-state index is 0.440.